The molecule has 1 aromatic carbocycles. The first kappa shape index (κ1) is 13.2. The summed E-state index contributed by atoms with van der Waals surface area (Å²) in [6.07, 6.45) is 0. The second kappa shape index (κ2) is 4.96. The number of hydrogen-bond donors (Lipinski definition) is 1. The predicted octanol–water partition coefficient (Wildman–Crippen LogP) is 2.76. The Balaban J connectivity index is 2.17. The van der Waals surface area contributed by atoms with E-state index in [1.54, 1.807) is 22.1 Å². The molecule has 104 valence electrons. The Bertz CT molecular complexity index is 775. The third-order valence-electron chi connectivity index (χ3n) is 3.30. The molecule has 0 saturated carbocycles. The van der Waals surface area contributed by atoms with E-state index in [2.05, 4.69) is 10.1 Å². The molecule has 0 saturated heterocycles. The highest BCUT2D eigenvalue weighted by Gasteiger charge is 2.16. The van der Waals surface area contributed by atoms with E-state index in [9.17, 15) is 4.39 Å². The summed E-state index contributed by atoms with van der Waals surface area (Å²) >= 11 is 1.54. The van der Waals surface area contributed by atoms with E-state index in [1.807, 2.05) is 19.9 Å². The van der Waals surface area contributed by atoms with E-state index < -0.39 is 0 Å². The Morgan fingerprint density at radius 3 is 2.80 bits per heavy atom. The van der Waals surface area contributed by atoms with Crippen molar-refractivity contribution >= 4 is 21.4 Å². The number of fused-ring (bicyclic) bond motifs is 1. The number of halogens is 1. The van der Waals surface area contributed by atoms with Gasteiger partial charge in [0.1, 0.15) is 17.5 Å². The second-order valence-electron chi connectivity index (χ2n) is 4.68. The molecule has 4 nitrogen and oxygen atoms in total. The lowest BCUT2D eigenvalue weighted by Gasteiger charge is -2.05. The largest absolute Gasteiger partial charge is 0.326 e. The van der Waals surface area contributed by atoms with E-state index in [0.29, 0.717) is 18.5 Å². The lowest BCUT2D eigenvalue weighted by molar-refractivity contribution is 0.630. The minimum atomic E-state index is -0.206. The molecular weight excluding hydrogens is 275 g/mol. The number of nitrogens with two attached hydrogens (primary N) is 1. The van der Waals surface area contributed by atoms with Gasteiger partial charge < -0.3 is 5.73 Å². The van der Waals surface area contributed by atoms with Gasteiger partial charge in [-0.25, -0.2) is 14.1 Å². The molecule has 0 radical (unpaired) electrons. The van der Waals surface area contributed by atoms with Crippen LogP contribution in [0.5, 0.6) is 0 Å². The van der Waals surface area contributed by atoms with Crippen molar-refractivity contribution in [1.29, 1.82) is 0 Å². The Morgan fingerprint density at radius 1 is 1.35 bits per heavy atom. The van der Waals surface area contributed by atoms with E-state index in [4.69, 9.17) is 5.73 Å². The molecule has 0 unspecified atom stereocenters. The molecule has 2 heterocycles. The van der Waals surface area contributed by atoms with Gasteiger partial charge in [-0.15, -0.1) is 11.3 Å². The molecule has 2 N–H and O–H groups in total. The van der Waals surface area contributed by atoms with Crippen LogP contribution in [0.2, 0.25) is 0 Å². The van der Waals surface area contributed by atoms with Gasteiger partial charge in [-0.1, -0.05) is 6.07 Å². The highest BCUT2D eigenvalue weighted by molar-refractivity contribution is 7.19. The van der Waals surface area contributed by atoms with Crippen molar-refractivity contribution in [2.75, 3.05) is 0 Å². The summed E-state index contributed by atoms with van der Waals surface area (Å²) in [5, 5.41) is 5.00. The molecular formula is C14H15FN4S. The molecule has 0 aliphatic carbocycles. The van der Waals surface area contributed by atoms with E-state index in [-0.39, 0.29) is 5.82 Å². The summed E-state index contributed by atoms with van der Waals surface area (Å²) in [5.41, 5.74) is 6.72. The quantitative estimate of drug-likeness (QED) is 0.807. The van der Waals surface area contributed by atoms with Gasteiger partial charge in [0.2, 0.25) is 0 Å². The summed E-state index contributed by atoms with van der Waals surface area (Å²) in [5.74, 6) is 1.33. The van der Waals surface area contributed by atoms with Crippen molar-refractivity contribution < 1.29 is 4.39 Å². The number of aromatic nitrogens is 3. The smallest absolute Gasteiger partial charge is 0.147 e. The van der Waals surface area contributed by atoms with Gasteiger partial charge >= 0.3 is 0 Å². The zero-order valence-corrected chi connectivity index (χ0v) is 12.2. The van der Waals surface area contributed by atoms with Crippen LogP contribution < -0.4 is 5.73 Å². The average molecular weight is 290 g/mol. The summed E-state index contributed by atoms with van der Waals surface area (Å²) in [7, 11) is 0. The molecule has 0 bridgehead atoms. The molecule has 0 aliphatic rings. The van der Waals surface area contributed by atoms with Crippen molar-refractivity contribution in [3.63, 3.8) is 0 Å². The SMILES string of the molecule is Cc1nc(C)n(Cc2c(CN)sc3cccc(F)c23)n1. The van der Waals surface area contributed by atoms with Crippen molar-refractivity contribution in [3.05, 3.63) is 46.1 Å². The van der Waals surface area contributed by atoms with E-state index >= 15 is 0 Å². The molecule has 0 atom stereocenters. The van der Waals surface area contributed by atoms with Gasteiger partial charge in [0.15, 0.2) is 0 Å². The standard InChI is InChI=1S/C14H15FN4S/c1-8-17-9(2)19(18-8)7-10-13(6-16)20-12-5-3-4-11(15)14(10)12/h3-5H,6-7,16H2,1-2H3. The monoisotopic (exact) mass is 290 g/mol. The summed E-state index contributed by atoms with van der Waals surface area (Å²) in [4.78, 5) is 5.28. The molecule has 0 spiro atoms. The van der Waals surface area contributed by atoms with Crippen LogP contribution in [0.25, 0.3) is 10.1 Å². The Kier molecular flexibility index (Phi) is 3.27. The normalized spacial score (nSPS) is 11.4. The molecule has 2 aromatic heterocycles. The number of aryl methyl sites for hydroxylation is 2. The van der Waals surface area contributed by atoms with Crippen molar-refractivity contribution in [3.8, 4) is 0 Å². The second-order valence-corrected chi connectivity index (χ2v) is 5.82. The first-order chi connectivity index (χ1) is 9.60. The lowest BCUT2D eigenvalue weighted by Crippen LogP contribution is -2.07. The maximum Gasteiger partial charge on any atom is 0.147 e. The van der Waals surface area contributed by atoms with Gasteiger partial charge in [-0.05, 0) is 31.5 Å². The Labute approximate surface area is 120 Å². The fourth-order valence-corrected chi connectivity index (χ4v) is 3.52. The zero-order chi connectivity index (χ0) is 14.3. The third kappa shape index (κ3) is 2.10. The van der Waals surface area contributed by atoms with Gasteiger partial charge in [0.25, 0.3) is 0 Å². The van der Waals surface area contributed by atoms with Crippen LogP contribution in [0.1, 0.15) is 22.1 Å². The molecule has 20 heavy (non-hydrogen) atoms. The Hall–Kier alpha value is -1.79. The predicted molar refractivity (Wildman–Crippen MR) is 78.3 cm³/mol. The lowest BCUT2D eigenvalue weighted by atomic mass is 10.1. The summed E-state index contributed by atoms with van der Waals surface area (Å²) < 4.78 is 16.8. The first-order valence-corrected chi connectivity index (χ1v) is 7.18. The zero-order valence-electron chi connectivity index (χ0n) is 11.4. The summed E-state index contributed by atoms with van der Waals surface area (Å²) in [6.45, 7) is 4.65. The minimum absolute atomic E-state index is 0.206. The third-order valence-corrected chi connectivity index (χ3v) is 4.52. The number of nitrogens with zero attached hydrogens (tertiary/aromatic N) is 3. The van der Waals surface area contributed by atoms with E-state index in [1.165, 1.54) is 6.07 Å². The van der Waals surface area contributed by atoms with Crippen LogP contribution in [-0.2, 0) is 13.1 Å². The highest BCUT2D eigenvalue weighted by atomic mass is 32.1. The maximum absolute atomic E-state index is 14.1. The minimum Gasteiger partial charge on any atom is -0.326 e. The van der Waals surface area contributed by atoms with Crippen molar-refractivity contribution in [2.24, 2.45) is 5.73 Å². The number of hydrogen-bond acceptors (Lipinski definition) is 4. The average Bonchev–Trinajstić information content (AvgIpc) is 2.92. The maximum atomic E-state index is 14.1. The van der Waals surface area contributed by atoms with Gasteiger partial charge in [-0.2, -0.15) is 5.10 Å². The van der Waals surface area contributed by atoms with Crippen LogP contribution in [-0.4, -0.2) is 14.8 Å². The van der Waals surface area contributed by atoms with Crippen molar-refractivity contribution in [1.82, 2.24) is 14.8 Å². The molecule has 3 rings (SSSR count). The number of benzene rings is 1. The van der Waals surface area contributed by atoms with Gasteiger partial charge in [-0.3, -0.25) is 0 Å². The van der Waals surface area contributed by atoms with Crippen LogP contribution in [0.15, 0.2) is 18.2 Å². The topological polar surface area (TPSA) is 56.7 Å². The molecule has 0 fully saturated rings. The molecule has 0 aliphatic heterocycles. The van der Waals surface area contributed by atoms with Crippen molar-refractivity contribution in [2.45, 2.75) is 26.9 Å². The highest BCUT2D eigenvalue weighted by Crippen LogP contribution is 2.33. The van der Waals surface area contributed by atoms with E-state index in [0.717, 1.165) is 26.8 Å². The van der Waals surface area contributed by atoms with Crippen LogP contribution in [0.4, 0.5) is 4.39 Å². The first-order valence-electron chi connectivity index (χ1n) is 6.37. The van der Waals surface area contributed by atoms with Gasteiger partial charge in [0.05, 0.1) is 6.54 Å². The van der Waals surface area contributed by atoms with Crippen LogP contribution in [0, 0.1) is 19.7 Å². The number of thiophene rings is 1. The molecule has 6 heteroatoms. The number of rotatable bonds is 3. The Morgan fingerprint density at radius 2 is 2.15 bits per heavy atom. The summed E-state index contributed by atoms with van der Waals surface area (Å²) in [6, 6.07) is 5.13. The fraction of sp³-hybridized carbons (Fsp3) is 0.286. The van der Waals surface area contributed by atoms with Crippen LogP contribution in [0.3, 0.4) is 0 Å². The van der Waals surface area contributed by atoms with Crippen LogP contribution >= 0.6 is 11.3 Å². The van der Waals surface area contributed by atoms with Gasteiger partial charge in [0, 0.05) is 21.5 Å². The molecule has 0 amide bonds. The fourth-order valence-electron chi connectivity index (χ4n) is 2.41. The molecule has 3 aromatic rings.